The molecule has 32 heavy (non-hydrogen) atoms. The molecule has 6 heteroatoms. The smallest absolute Gasteiger partial charge is 0.331 e. The number of aliphatic carboxylic acids is 1. The maximum Gasteiger partial charge on any atom is 0.331 e. The number of anilines is 1. The van der Waals surface area contributed by atoms with Gasteiger partial charge >= 0.3 is 5.97 Å². The number of rotatable bonds is 8. The molecule has 1 heterocycles. The first-order valence-electron chi connectivity index (χ1n) is 10.3. The summed E-state index contributed by atoms with van der Waals surface area (Å²) in [6, 6.07) is 12.0. The van der Waals surface area contributed by atoms with Crippen molar-refractivity contribution < 1.29 is 23.8 Å². The van der Waals surface area contributed by atoms with E-state index < -0.39 is 5.97 Å². The Labute approximate surface area is 188 Å². The minimum Gasteiger partial charge on any atom is -0.496 e. The highest BCUT2D eigenvalue weighted by molar-refractivity contribution is 5.93. The fourth-order valence-corrected chi connectivity index (χ4v) is 3.81. The standard InChI is InChI=1S/C26H29NO5/c1-15(26(28)29)13-22-17(3)25(31-6)23(18(4)24(22)30-5)19-8-10-20(11-9-19)27-14-21-12-7-16(2)32-21/h7-13,27H,14H2,1-6H3,(H,28,29)/b15-13+. The molecule has 168 valence electrons. The van der Waals surface area contributed by atoms with Gasteiger partial charge in [-0.1, -0.05) is 12.1 Å². The van der Waals surface area contributed by atoms with Crippen LogP contribution in [0.4, 0.5) is 5.69 Å². The zero-order valence-electron chi connectivity index (χ0n) is 19.3. The van der Waals surface area contributed by atoms with Crippen LogP contribution in [0.15, 0.2) is 46.4 Å². The topological polar surface area (TPSA) is 80.9 Å². The SMILES string of the molecule is COc1c(C)c(-c2ccc(NCc3ccc(C)o3)cc2)c(OC)c(C)c1/C=C(\C)C(=O)O. The average molecular weight is 436 g/mol. The van der Waals surface area contributed by atoms with Crippen molar-refractivity contribution in [3.63, 3.8) is 0 Å². The highest BCUT2D eigenvalue weighted by atomic mass is 16.5. The van der Waals surface area contributed by atoms with Crippen LogP contribution in [-0.4, -0.2) is 25.3 Å². The predicted molar refractivity (Wildman–Crippen MR) is 127 cm³/mol. The van der Waals surface area contributed by atoms with Crippen molar-refractivity contribution in [2.24, 2.45) is 0 Å². The van der Waals surface area contributed by atoms with E-state index in [1.165, 1.54) is 0 Å². The van der Waals surface area contributed by atoms with Gasteiger partial charge in [0.2, 0.25) is 0 Å². The lowest BCUT2D eigenvalue weighted by molar-refractivity contribution is -0.132. The van der Waals surface area contributed by atoms with Gasteiger partial charge in [-0.2, -0.15) is 0 Å². The number of benzene rings is 2. The summed E-state index contributed by atoms with van der Waals surface area (Å²) in [7, 11) is 3.21. The largest absolute Gasteiger partial charge is 0.496 e. The van der Waals surface area contributed by atoms with Crippen LogP contribution in [0.2, 0.25) is 0 Å². The number of aryl methyl sites for hydroxylation is 1. The van der Waals surface area contributed by atoms with Crippen molar-refractivity contribution in [3.8, 4) is 22.6 Å². The monoisotopic (exact) mass is 435 g/mol. The minimum atomic E-state index is -0.972. The van der Waals surface area contributed by atoms with Gasteiger partial charge in [0, 0.05) is 33.5 Å². The van der Waals surface area contributed by atoms with E-state index in [1.807, 2.05) is 57.2 Å². The maximum atomic E-state index is 11.4. The van der Waals surface area contributed by atoms with Crippen LogP contribution in [0, 0.1) is 20.8 Å². The van der Waals surface area contributed by atoms with Gasteiger partial charge in [0.15, 0.2) is 0 Å². The Hall–Kier alpha value is -3.67. The Morgan fingerprint density at radius 2 is 1.66 bits per heavy atom. The lowest BCUT2D eigenvalue weighted by atomic mass is 9.91. The summed E-state index contributed by atoms with van der Waals surface area (Å²) in [4.78, 5) is 11.4. The molecule has 0 saturated carbocycles. The summed E-state index contributed by atoms with van der Waals surface area (Å²) in [5.74, 6) is 2.12. The third-order valence-electron chi connectivity index (χ3n) is 5.47. The molecule has 0 amide bonds. The molecule has 2 N–H and O–H groups in total. The van der Waals surface area contributed by atoms with E-state index in [0.717, 1.165) is 39.5 Å². The Kier molecular flexibility index (Phi) is 6.93. The van der Waals surface area contributed by atoms with Crippen LogP contribution in [0.25, 0.3) is 17.2 Å². The predicted octanol–water partition coefficient (Wildman–Crippen LogP) is 5.99. The molecule has 0 fully saturated rings. The second kappa shape index (κ2) is 9.64. The molecular weight excluding hydrogens is 406 g/mol. The summed E-state index contributed by atoms with van der Waals surface area (Å²) in [6.45, 7) is 7.95. The fourth-order valence-electron chi connectivity index (χ4n) is 3.81. The van der Waals surface area contributed by atoms with Crippen molar-refractivity contribution in [2.45, 2.75) is 34.2 Å². The first-order valence-corrected chi connectivity index (χ1v) is 10.3. The van der Waals surface area contributed by atoms with Gasteiger partial charge in [0.1, 0.15) is 23.0 Å². The molecule has 3 rings (SSSR count). The van der Waals surface area contributed by atoms with E-state index in [1.54, 1.807) is 27.2 Å². The summed E-state index contributed by atoms with van der Waals surface area (Å²) in [5.41, 5.74) is 5.50. The molecule has 0 aliphatic rings. The van der Waals surface area contributed by atoms with Gasteiger partial charge in [-0.05, 0) is 63.6 Å². The summed E-state index contributed by atoms with van der Waals surface area (Å²) in [6.07, 6.45) is 1.62. The van der Waals surface area contributed by atoms with Crippen molar-refractivity contribution in [2.75, 3.05) is 19.5 Å². The van der Waals surface area contributed by atoms with E-state index in [2.05, 4.69) is 5.32 Å². The second-order valence-electron chi connectivity index (χ2n) is 7.68. The minimum absolute atomic E-state index is 0.225. The number of ether oxygens (including phenoxy) is 2. The molecule has 0 radical (unpaired) electrons. The van der Waals surface area contributed by atoms with Crippen LogP contribution < -0.4 is 14.8 Å². The molecule has 0 bridgehead atoms. The lowest BCUT2D eigenvalue weighted by Crippen LogP contribution is -2.03. The van der Waals surface area contributed by atoms with Crippen LogP contribution in [0.1, 0.15) is 35.1 Å². The average Bonchev–Trinajstić information content (AvgIpc) is 3.20. The van der Waals surface area contributed by atoms with E-state index in [0.29, 0.717) is 23.6 Å². The molecule has 0 unspecified atom stereocenters. The van der Waals surface area contributed by atoms with Crippen LogP contribution in [0.3, 0.4) is 0 Å². The van der Waals surface area contributed by atoms with Crippen molar-refractivity contribution in [1.82, 2.24) is 0 Å². The Morgan fingerprint density at radius 1 is 1.00 bits per heavy atom. The van der Waals surface area contributed by atoms with Crippen LogP contribution in [-0.2, 0) is 11.3 Å². The number of nitrogens with one attached hydrogen (secondary N) is 1. The molecule has 2 aromatic carbocycles. The van der Waals surface area contributed by atoms with Gasteiger partial charge in [0.25, 0.3) is 0 Å². The van der Waals surface area contributed by atoms with E-state index in [4.69, 9.17) is 13.9 Å². The van der Waals surface area contributed by atoms with Gasteiger partial charge in [-0.3, -0.25) is 0 Å². The molecule has 0 saturated heterocycles. The summed E-state index contributed by atoms with van der Waals surface area (Å²) < 4.78 is 17.1. The Balaban J connectivity index is 2.00. The van der Waals surface area contributed by atoms with E-state index >= 15 is 0 Å². The molecule has 6 nitrogen and oxygen atoms in total. The molecule has 0 atom stereocenters. The van der Waals surface area contributed by atoms with E-state index in [-0.39, 0.29) is 5.57 Å². The summed E-state index contributed by atoms with van der Waals surface area (Å²) in [5, 5.41) is 12.7. The molecule has 1 aromatic heterocycles. The quantitative estimate of drug-likeness (QED) is 0.423. The Bertz CT molecular complexity index is 1160. The highest BCUT2D eigenvalue weighted by Gasteiger charge is 2.22. The van der Waals surface area contributed by atoms with Crippen molar-refractivity contribution in [3.05, 3.63) is 70.2 Å². The number of carboxylic acids is 1. The first-order chi connectivity index (χ1) is 15.3. The van der Waals surface area contributed by atoms with Crippen LogP contribution >= 0.6 is 0 Å². The van der Waals surface area contributed by atoms with Gasteiger partial charge < -0.3 is 24.3 Å². The normalized spacial score (nSPS) is 11.4. The number of carbonyl (C=O) groups is 1. The van der Waals surface area contributed by atoms with Gasteiger partial charge in [0.05, 0.1) is 20.8 Å². The molecule has 0 aliphatic carbocycles. The van der Waals surface area contributed by atoms with Gasteiger partial charge in [-0.15, -0.1) is 0 Å². The first kappa shape index (κ1) is 23.0. The van der Waals surface area contributed by atoms with Crippen molar-refractivity contribution >= 4 is 17.7 Å². The third-order valence-corrected chi connectivity index (χ3v) is 5.47. The van der Waals surface area contributed by atoms with Crippen molar-refractivity contribution in [1.29, 1.82) is 0 Å². The fraction of sp³-hybridized carbons (Fsp3) is 0.269. The van der Waals surface area contributed by atoms with E-state index in [9.17, 15) is 9.90 Å². The zero-order chi connectivity index (χ0) is 23.4. The maximum absolute atomic E-state index is 11.4. The molecular formula is C26H29NO5. The second-order valence-corrected chi connectivity index (χ2v) is 7.68. The number of carboxylic acid groups (broad SMARTS) is 1. The summed E-state index contributed by atoms with van der Waals surface area (Å²) >= 11 is 0. The molecule has 0 spiro atoms. The molecule has 3 aromatic rings. The molecule has 0 aliphatic heterocycles. The number of hydrogen-bond donors (Lipinski definition) is 2. The van der Waals surface area contributed by atoms with Gasteiger partial charge in [-0.25, -0.2) is 4.79 Å². The third kappa shape index (κ3) is 4.64. The zero-order valence-corrected chi connectivity index (χ0v) is 19.3. The highest BCUT2D eigenvalue weighted by Crippen LogP contribution is 2.44. The number of hydrogen-bond acceptors (Lipinski definition) is 5. The Morgan fingerprint density at radius 3 is 2.19 bits per heavy atom. The number of furan rings is 1. The number of methoxy groups -OCH3 is 2. The van der Waals surface area contributed by atoms with Crippen LogP contribution in [0.5, 0.6) is 11.5 Å². The lowest BCUT2D eigenvalue weighted by Gasteiger charge is -2.21.